The van der Waals surface area contributed by atoms with Gasteiger partial charge in [-0.1, -0.05) is 0 Å². The highest BCUT2D eigenvalue weighted by atomic mass is 16.6. The van der Waals surface area contributed by atoms with E-state index in [2.05, 4.69) is 5.32 Å². The molecule has 1 N–H and O–H groups in total. The van der Waals surface area contributed by atoms with Crippen molar-refractivity contribution in [2.24, 2.45) is 0 Å². The van der Waals surface area contributed by atoms with Gasteiger partial charge in [-0.25, -0.2) is 0 Å². The molecule has 0 saturated carbocycles. The van der Waals surface area contributed by atoms with E-state index in [9.17, 15) is 0 Å². The summed E-state index contributed by atoms with van der Waals surface area (Å²) in [5.74, 6) is 1.68. The number of methoxy groups -OCH3 is 2. The van der Waals surface area contributed by atoms with Crippen molar-refractivity contribution in [1.82, 2.24) is 5.32 Å². The maximum atomic E-state index is 5.57. The topological polar surface area (TPSA) is 49.0 Å². The van der Waals surface area contributed by atoms with Gasteiger partial charge in [-0.15, -0.1) is 0 Å². The number of nitrogens with one attached hydrogen (secondary N) is 1. The predicted octanol–water partition coefficient (Wildman–Crippen LogP) is 1.21. The molecule has 2 rings (SSSR count). The first-order chi connectivity index (χ1) is 9.33. The van der Waals surface area contributed by atoms with Crippen LogP contribution >= 0.6 is 0 Å². The fourth-order valence-electron chi connectivity index (χ4n) is 2.04. The predicted molar refractivity (Wildman–Crippen MR) is 71.8 cm³/mol. The van der Waals surface area contributed by atoms with Crippen LogP contribution in [0.15, 0.2) is 18.2 Å². The molecular weight excluding hydrogens is 246 g/mol. The van der Waals surface area contributed by atoms with Crippen molar-refractivity contribution in [3.05, 3.63) is 23.8 Å². The molecule has 1 aromatic rings. The Kier molecular flexibility index (Phi) is 5.44. The molecule has 1 fully saturated rings. The van der Waals surface area contributed by atoms with E-state index in [0.717, 1.165) is 23.6 Å². The van der Waals surface area contributed by atoms with Gasteiger partial charge in [-0.2, -0.15) is 0 Å². The Morgan fingerprint density at radius 1 is 1.26 bits per heavy atom. The van der Waals surface area contributed by atoms with Crippen molar-refractivity contribution in [1.29, 1.82) is 0 Å². The molecule has 0 spiro atoms. The van der Waals surface area contributed by atoms with Crippen LogP contribution in [-0.4, -0.2) is 46.7 Å². The summed E-state index contributed by atoms with van der Waals surface area (Å²) in [6.45, 7) is 3.50. The van der Waals surface area contributed by atoms with Crippen molar-refractivity contribution >= 4 is 0 Å². The summed E-state index contributed by atoms with van der Waals surface area (Å²) in [4.78, 5) is 0. The molecule has 0 bridgehead atoms. The van der Waals surface area contributed by atoms with Crippen LogP contribution in [-0.2, 0) is 16.0 Å². The van der Waals surface area contributed by atoms with Crippen molar-refractivity contribution in [3.8, 4) is 11.5 Å². The number of hydrogen-bond donors (Lipinski definition) is 1. The first-order valence-corrected chi connectivity index (χ1v) is 6.44. The van der Waals surface area contributed by atoms with E-state index in [1.807, 2.05) is 18.2 Å². The fraction of sp³-hybridized carbons (Fsp3) is 0.571. The summed E-state index contributed by atoms with van der Waals surface area (Å²) in [5.41, 5.74) is 1.07. The van der Waals surface area contributed by atoms with E-state index in [4.69, 9.17) is 18.9 Å². The lowest BCUT2D eigenvalue weighted by Crippen LogP contribution is -2.37. The third-order valence-electron chi connectivity index (χ3n) is 3.06. The van der Waals surface area contributed by atoms with Crippen LogP contribution in [0.2, 0.25) is 0 Å². The summed E-state index contributed by atoms with van der Waals surface area (Å²) in [5, 5.41) is 3.36. The molecule has 0 radical (unpaired) electrons. The van der Waals surface area contributed by atoms with Gasteiger partial charge in [0.15, 0.2) is 0 Å². The molecule has 1 saturated heterocycles. The van der Waals surface area contributed by atoms with Gasteiger partial charge in [0.25, 0.3) is 0 Å². The van der Waals surface area contributed by atoms with Crippen molar-refractivity contribution in [2.75, 3.05) is 40.6 Å². The number of rotatable bonds is 6. The van der Waals surface area contributed by atoms with E-state index >= 15 is 0 Å². The average molecular weight is 267 g/mol. The lowest BCUT2D eigenvalue weighted by Gasteiger charge is -2.23. The van der Waals surface area contributed by atoms with Gasteiger partial charge in [0.1, 0.15) is 11.5 Å². The zero-order chi connectivity index (χ0) is 13.5. The summed E-state index contributed by atoms with van der Waals surface area (Å²) in [7, 11) is 3.33. The lowest BCUT2D eigenvalue weighted by molar-refractivity contribution is -0.0864. The highest BCUT2D eigenvalue weighted by molar-refractivity contribution is 5.40. The molecule has 1 aliphatic heterocycles. The number of hydrogen-bond acceptors (Lipinski definition) is 5. The molecule has 1 atom stereocenters. The molecule has 0 aromatic heterocycles. The smallest absolute Gasteiger partial charge is 0.123 e. The van der Waals surface area contributed by atoms with Gasteiger partial charge < -0.3 is 24.3 Å². The SMILES string of the molecule is COc1ccc(OC)c(CNCC2COCCO2)c1. The van der Waals surface area contributed by atoms with E-state index in [1.54, 1.807) is 14.2 Å². The van der Waals surface area contributed by atoms with Crippen molar-refractivity contribution in [3.63, 3.8) is 0 Å². The molecule has 1 unspecified atom stereocenters. The van der Waals surface area contributed by atoms with Gasteiger partial charge in [-0.3, -0.25) is 0 Å². The second kappa shape index (κ2) is 7.33. The van der Waals surface area contributed by atoms with E-state index < -0.39 is 0 Å². The third kappa shape index (κ3) is 4.09. The molecule has 5 nitrogen and oxygen atoms in total. The van der Waals surface area contributed by atoms with Gasteiger partial charge in [0.05, 0.1) is 40.1 Å². The number of benzene rings is 1. The molecule has 1 heterocycles. The Labute approximate surface area is 113 Å². The van der Waals surface area contributed by atoms with Gasteiger partial charge in [0, 0.05) is 18.7 Å². The summed E-state index contributed by atoms with van der Waals surface area (Å²) in [6.07, 6.45) is 0.130. The van der Waals surface area contributed by atoms with Crippen LogP contribution in [0.25, 0.3) is 0 Å². The molecule has 0 aliphatic carbocycles. The monoisotopic (exact) mass is 267 g/mol. The minimum Gasteiger partial charge on any atom is -0.497 e. The van der Waals surface area contributed by atoms with Crippen LogP contribution in [0, 0.1) is 0 Å². The Balaban J connectivity index is 1.86. The maximum absolute atomic E-state index is 5.57. The molecule has 19 heavy (non-hydrogen) atoms. The van der Waals surface area contributed by atoms with E-state index in [1.165, 1.54) is 0 Å². The van der Waals surface area contributed by atoms with Crippen molar-refractivity contribution < 1.29 is 18.9 Å². The normalized spacial score (nSPS) is 19.2. The quantitative estimate of drug-likeness (QED) is 0.839. The van der Waals surface area contributed by atoms with Crippen LogP contribution < -0.4 is 14.8 Å². The molecular formula is C14H21NO4. The van der Waals surface area contributed by atoms with Crippen LogP contribution in [0.4, 0.5) is 0 Å². The third-order valence-corrected chi connectivity index (χ3v) is 3.06. The van der Waals surface area contributed by atoms with Gasteiger partial charge in [-0.05, 0) is 18.2 Å². The standard InChI is InChI=1S/C14H21NO4/c1-16-12-3-4-14(17-2)11(7-12)8-15-9-13-10-18-5-6-19-13/h3-4,7,13,15H,5-6,8-10H2,1-2H3. The van der Waals surface area contributed by atoms with Crippen LogP contribution in [0.3, 0.4) is 0 Å². The molecule has 1 aliphatic rings. The van der Waals surface area contributed by atoms with Crippen LogP contribution in [0.5, 0.6) is 11.5 Å². The fourth-order valence-corrected chi connectivity index (χ4v) is 2.04. The summed E-state index contributed by atoms with van der Waals surface area (Å²) >= 11 is 0. The van der Waals surface area contributed by atoms with E-state index in [0.29, 0.717) is 26.4 Å². The summed E-state index contributed by atoms with van der Waals surface area (Å²) in [6, 6.07) is 5.78. The average Bonchev–Trinajstić information content (AvgIpc) is 2.48. The molecule has 1 aromatic carbocycles. The maximum Gasteiger partial charge on any atom is 0.123 e. The van der Waals surface area contributed by atoms with E-state index in [-0.39, 0.29) is 6.10 Å². The van der Waals surface area contributed by atoms with Crippen molar-refractivity contribution in [2.45, 2.75) is 12.6 Å². The van der Waals surface area contributed by atoms with Gasteiger partial charge in [0.2, 0.25) is 0 Å². The first-order valence-electron chi connectivity index (χ1n) is 6.44. The second-order valence-corrected chi connectivity index (χ2v) is 4.38. The highest BCUT2D eigenvalue weighted by Gasteiger charge is 2.14. The Bertz CT molecular complexity index is 391. The Morgan fingerprint density at radius 2 is 2.16 bits per heavy atom. The highest BCUT2D eigenvalue weighted by Crippen LogP contribution is 2.23. The Hall–Kier alpha value is -1.30. The largest absolute Gasteiger partial charge is 0.497 e. The molecule has 5 heteroatoms. The lowest BCUT2D eigenvalue weighted by atomic mass is 10.2. The minimum absolute atomic E-state index is 0.130. The van der Waals surface area contributed by atoms with Crippen LogP contribution in [0.1, 0.15) is 5.56 Å². The molecule has 0 amide bonds. The van der Waals surface area contributed by atoms with Gasteiger partial charge >= 0.3 is 0 Å². The first kappa shape index (κ1) is 14.1. The zero-order valence-corrected chi connectivity index (χ0v) is 11.5. The Morgan fingerprint density at radius 3 is 2.84 bits per heavy atom. The second-order valence-electron chi connectivity index (χ2n) is 4.38. The number of ether oxygens (including phenoxy) is 4. The zero-order valence-electron chi connectivity index (χ0n) is 11.5. The minimum atomic E-state index is 0.130. The summed E-state index contributed by atoms with van der Waals surface area (Å²) < 4.78 is 21.5. The molecule has 106 valence electrons.